The summed E-state index contributed by atoms with van der Waals surface area (Å²) in [5.41, 5.74) is 0.486. The van der Waals surface area contributed by atoms with Gasteiger partial charge in [0.25, 0.3) is 0 Å². The summed E-state index contributed by atoms with van der Waals surface area (Å²) in [5, 5.41) is 20.5. The first-order chi connectivity index (χ1) is 7.52. The Kier molecular flexibility index (Phi) is 3.96. The maximum Gasteiger partial charge on any atom is 0.335 e. The van der Waals surface area contributed by atoms with Crippen LogP contribution in [-0.2, 0) is 9.59 Å². The Balaban J connectivity index is 2.96. The zero-order valence-corrected chi connectivity index (χ0v) is 8.62. The lowest BCUT2D eigenvalue weighted by atomic mass is 10.0. The maximum absolute atomic E-state index is 10.9. The molecule has 0 aromatic carbocycles. The molecule has 2 unspecified atom stereocenters. The molecule has 1 amide bonds. The Morgan fingerprint density at radius 1 is 1.38 bits per heavy atom. The number of aliphatic hydroxyl groups excluding tert-OH is 1. The number of aliphatic hydroxyl groups is 1. The molecule has 1 aromatic heterocycles. The molecule has 0 spiro atoms. The van der Waals surface area contributed by atoms with Gasteiger partial charge in [0.15, 0.2) is 6.10 Å². The Hall–Kier alpha value is -1.95. The highest BCUT2D eigenvalue weighted by molar-refractivity contribution is 5.77. The molecule has 0 radical (unpaired) electrons. The summed E-state index contributed by atoms with van der Waals surface area (Å²) in [7, 11) is 0. The number of hydrogen-bond acceptors (Lipinski definition) is 4. The summed E-state index contributed by atoms with van der Waals surface area (Å²) in [5.74, 6) is -1.81. The normalized spacial score (nSPS) is 13.9. The van der Waals surface area contributed by atoms with Crippen LogP contribution in [0.25, 0.3) is 0 Å². The third kappa shape index (κ3) is 3.03. The topological polar surface area (TPSA) is 99.5 Å². The summed E-state index contributed by atoms with van der Waals surface area (Å²) in [4.78, 5) is 25.4. The summed E-state index contributed by atoms with van der Waals surface area (Å²) < 4.78 is 0. The Morgan fingerprint density at radius 3 is 2.38 bits per heavy atom. The summed E-state index contributed by atoms with van der Waals surface area (Å²) in [6.07, 6.45) is 1.23. The van der Waals surface area contributed by atoms with Crippen molar-refractivity contribution >= 4 is 11.9 Å². The molecule has 0 fully saturated rings. The first kappa shape index (κ1) is 12.1. The first-order valence-electron chi connectivity index (χ1n) is 4.60. The fourth-order valence-corrected chi connectivity index (χ4v) is 1.28. The second kappa shape index (κ2) is 5.22. The van der Waals surface area contributed by atoms with Gasteiger partial charge < -0.3 is 15.5 Å². The number of carboxylic acids is 1. The van der Waals surface area contributed by atoms with Crippen molar-refractivity contribution in [2.45, 2.75) is 19.1 Å². The molecule has 0 bridgehead atoms. The van der Waals surface area contributed by atoms with Gasteiger partial charge in [-0.3, -0.25) is 9.78 Å². The van der Waals surface area contributed by atoms with E-state index in [1.165, 1.54) is 31.5 Å². The fraction of sp³-hybridized carbons (Fsp3) is 0.300. The number of carbonyl (C=O) groups excluding carboxylic acids is 1. The smallest absolute Gasteiger partial charge is 0.335 e. The van der Waals surface area contributed by atoms with E-state index in [1.54, 1.807) is 0 Å². The zero-order chi connectivity index (χ0) is 12.1. The van der Waals surface area contributed by atoms with Gasteiger partial charge in [0.1, 0.15) is 0 Å². The average Bonchev–Trinajstić information content (AvgIpc) is 2.26. The van der Waals surface area contributed by atoms with E-state index in [2.05, 4.69) is 10.3 Å². The van der Waals surface area contributed by atoms with Crippen LogP contribution in [-0.4, -0.2) is 33.2 Å². The summed E-state index contributed by atoms with van der Waals surface area (Å²) >= 11 is 0. The molecule has 86 valence electrons. The van der Waals surface area contributed by atoms with Gasteiger partial charge in [-0.15, -0.1) is 0 Å². The van der Waals surface area contributed by atoms with E-state index in [-0.39, 0.29) is 0 Å². The molecule has 1 rings (SSSR count). The number of carbonyl (C=O) groups is 2. The Morgan fingerprint density at radius 2 is 1.94 bits per heavy atom. The number of pyridine rings is 1. The third-order valence-corrected chi connectivity index (χ3v) is 1.99. The van der Waals surface area contributed by atoms with Crippen LogP contribution in [0.2, 0.25) is 0 Å². The van der Waals surface area contributed by atoms with Gasteiger partial charge in [-0.25, -0.2) is 4.79 Å². The minimum absolute atomic E-state index is 0.415. The van der Waals surface area contributed by atoms with E-state index >= 15 is 0 Å². The summed E-state index contributed by atoms with van der Waals surface area (Å²) in [6.45, 7) is 1.25. The molecule has 6 heteroatoms. The van der Waals surface area contributed by atoms with Gasteiger partial charge >= 0.3 is 5.97 Å². The number of hydrogen-bond donors (Lipinski definition) is 3. The molecule has 0 saturated heterocycles. The van der Waals surface area contributed by atoms with Crippen molar-refractivity contribution in [3.8, 4) is 0 Å². The minimum atomic E-state index is -1.69. The molecular formula is C10H12N2O4. The van der Waals surface area contributed by atoms with E-state index in [1.807, 2.05) is 0 Å². The van der Waals surface area contributed by atoms with Gasteiger partial charge in [0.05, 0.1) is 6.04 Å². The van der Waals surface area contributed by atoms with E-state index in [9.17, 15) is 14.7 Å². The molecule has 1 aromatic rings. The number of amides is 1. The lowest BCUT2D eigenvalue weighted by Gasteiger charge is -2.20. The van der Waals surface area contributed by atoms with Crippen LogP contribution in [0.4, 0.5) is 0 Å². The molecule has 2 atom stereocenters. The molecule has 0 saturated carbocycles. The fourth-order valence-electron chi connectivity index (χ4n) is 1.28. The van der Waals surface area contributed by atoms with Crippen LogP contribution >= 0.6 is 0 Å². The Bertz CT molecular complexity index is 380. The zero-order valence-electron chi connectivity index (χ0n) is 8.62. The van der Waals surface area contributed by atoms with E-state index < -0.39 is 24.0 Å². The molecule has 6 nitrogen and oxygen atoms in total. The molecule has 0 aliphatic rings. The SMILES string of the molecule is CC(=O)NC(c1ccncc1)C(O)C(=O)O. The van der Waals surface area contributed by atoms with Crippen molar-refractivity contribution in [1.82, 2.24) is 10.3 Å². The predicted molar refractivity (Wildman–Crippen MR) is 54.4 cm³/mol. The van der Waals surface area contributed by atoms with Crippen molar-refractivity contribution < 1.29 is 19.8 Å². The van der Waals surface area contributed by atoms with Crippen LogP contribution < -0.4 is 5.32 Å². The van der Waals surface area contributed by atoms with Gasteiger partial charge in [-0.05, 0) is 17.7 Å². The lowest BCUT2D eigenvalue weighted by molar-refractivity contribution is -0.148. The van der Waals surface area contributed by atoms with Crippen LogP contribution in [0.15, 0.2) is 24.5 Å². The highest BCUT2D eigenvalue weighted by atomic mass is 16.4. The van der Waals surface area contributed by atoms with E-state index in [0.717, 1.165) is 0 Å². The van der Waals surface area contributed by atoms with Crippen molar-refractivity contribution in [1.29, 1.82) is 0 Å². The molecule has 0 aliphatic carbocycles. The van der Waals surface area contributed by atoms with Gasteiger partial charge in [-0.2, -0.15) is 0 Å². The van der Waals surface area contributed by atoms with E-state index in [0.29, 0.717) is 5.56 Å². The number of nitrogens with one attached hydrogen (secondary N) is 1. The number of carboxylic acid groups (broad SMARTS) is 1. The minimum Gasteiger partial charge on any atom is -0.479 e. The maximum atomic E-state index is 10.9. The second-order valence-corrected chi connectivity index (χ2v) is 3.24. The number of aromatic nitrogens is 1. The number of aliphatic carboxylic acids is 1. The number of nitrogens with zero attached hydrogens (tertiary/aromatic N) is 1. The van der Waals surface area contributed by atoms with E-state index in [4.69, 9.17) is 5.11 Å². The van der Waals surface area contributed by atoms with Crippen molar-refractivity contribution in [2.24, 2.45) is 0 Å². The van der Waals surface area contributed by atoms with Crippen molar-refractivity contribution in [3.63, 3.8) is 0 Å². The van der Waals surface area contributed by atoms with Crippen LogP contribution in [0.1, 0.15) is 18.5 Å². The van der Waals surface area contributed by atoms with Crippen LogP contribution in [0.3, 0.4) is 0 Å². The predicted octanol–water partition coefficient (Wildman–Crippen LogP) is -0.296. The quantitative estimate of drug-likeness (QED) is 0.652. The molecule has 16 heavy (non-hydrogen) atoms. The molecular weight excluding hydrogens is 212 g/mol. The Labute approximate surface area is 91.9 Å². The van der Waals surface area contributed by atoms with Crippen LogP contribution in [0.5, 0.6) is 0 Å². The van der Waals surface area contributed by atoms with Crippen molar-refractivity contribution in [3.05, 3.63) is 30.1 Å². The number of rotatable bonds is 4. The standard InChI is InChI=1S/C10H12N2O4/c1-6(13)12-8(9(14)10(15)16)7-2-4-11-5-3-7/h2-5,8-9,14H,1H3,(H,12,13)(H,15,16). The lowest BCUT2D eigenvalue weighted by Crippen LogP contribution is -2.39. The van der Waals surface area contributed by atoms with Crippen LogP contribution in [0, 0.1) is 0 Å². The highest BCUT2D eigenvalue weighted by Crippen LogP contribution is 2.16. The highest BCUT2D eigenvalue weighted by Gasteiger charge is 2.27. The monoisotopic (exact) mass is 224 g/mol. The molecule has 1 heterocycles. The molecule has 0 aliphatic heterocycles. The van der Waals surface area contributed by atoms with Gasteiger partial charge in [-0.1, -0.05) is 0 Å². The summed E-state index contributed by atoms with van der Waals surface area (Å²) in [6, 6.07) is 2.09. The molecule has 3 N–H and O–H groups in total. The first-order valence-corrected chi connectivity index (χ1v) is 4.60. The average molecular weight is 224 g/mol. The largest absolute Gasteiger partial charge is 0.479 e. The van der Waals surface area contributed by atoms with Gasteiger partial charge in [0.2, 0.25) is 5.91 Å². The van der Waals surface area contributed by atoms with Gasteiger partial charge in [0, 0.05) is 19.3 Å². The second-order valence-electron chi connectivity index (χ2n) is 3.24. The van der Waals surface area contributed by atoms with Crippen molar-refractivity contribution in [2.75, 3.05) is 0 Å². The third-order valence-electron chi connectivity index (χ3n) is 1.99.